The van der Waals surface area contributed by atoms with Crippen molar-refractivity contribution in [1.82, 2.24) is 29.8 Å². The number of carbonyl (C=O) groups is 1. The minimum absolute atomic E-state index is 0.377. The number of pyridine rings is 1. The average molecular weight is 542 g/mol. The van der Waals surface area contributed by atoms with Gasteiger partial charge in [0.15, 0.2) is 0 Å². The van der Waals surface area contributed by atoms with Crippen LogP contribution in [0.3, 0.4) is 0 Å². The number of hydrogen-bond donors (Lipinski definition) is 3. The van der Waals surface area contributed by atoms with E-state index in [-0.39, 0.29) is 0 Å². The molecule has 0 saturated heterocycles. The van der Waals surface area contributed by atoms with E-state index in [0.29, 0.717) is 36.2 Å². The normalized spacial score (nSPS) is 10.8. The number of nitrogens with zero attached hydrogens (tertiary/aromatic N) is 6. The number of nitrogens with one attached hydrogen (secondary N) is 3. The second-order valence-electron chi connectivity index (χ2n) is 9.50. The Kier molecular flexibility index (Phi) is 9.16. The van der Waals surface area contributed by atoms with Crippen molar-refractivity contribution < 1.29 is 9.53 Å². The van der Waals surface area contributed by atoms with Crippen LogP contribution in [-0.4, -0.2) is 85.3 Å². The van der Waals surface area contributed by atoms with Crippen LogP contribution in [0.15, 0.2) is 48.8 Å². The lowest BCUT2D eigenvalue weighted by molar-refractivity contribution is -0.111. The van der Waals surface area contributed by atoms with Crippen LogP contribution in [0.4, 0.5) is 23.0 Å². The van der Waals surface area contributed by atoms with Crippen molar-refractivity contribution in [3.8, 4) is 28.8 Å². The Balaban J connectivity index is 1.68. The molecular formula is C29H35N9O2. The third-order valence-electron chi connectivity index (χ3n) is 6.18. The Labute approximate surface area is 234 Å². The first-order chi connectivity index (χ1) is 19.3. The topological polar surface area (TPSA) is 112 Å². The van der Waals surface area contributed by atoms with Gasteiger partial charge < -0.3 is 25.6 Å². The van der Waals surface area contributed by atoms with Crippen molar-refractivity contribution in [2.75, 3.05) is 70.5 Å². The van der Waals surface area contributed by atoms with Gasteiger partial charge in [-0.2, -0.15) is 5.10 Å². The van der Waals surface area contributed by atoms with Crippen LogP contribution in [0.25, 0.3) is 16.8 Å². The van der Waals surface area contributed by atoms with E-state index in [9.17, 15) is 4.79 Å². The van der Waals surface area contributed by atoms with E-state index in [1.165, 1.54) is 0 Å². The summed E-state index contributed by atoms with van der Waals surface area (Å²) in [5.74, 6) is 6.08. The molecule has 11 heteroatoms. The van der Waals surface area contributed by atoms with E-state index >= 15 is 0 Å². The number of likely N-dealkylation sites (N-methyl/N-ethyl adjacent to an activating group) is 2. The number of methoxy groups -OCH3 is 1. The second kappa shape index (κ2) is 12.9. The number of benzene rings is 1. The number of aromatic nitrogens is 4. The monoisotopic (exact) mass is 541 g/mol. The third-order valence-corrected chi connectivity index (χ3v) is 6.18. The fraction of sp³-hybridized carbons (Fsp3) is 0.310. The van der Waals surface area contributed by atoms with Crippen LogP contribution in [0.2, 0.25) is 0 Å². The lowest BCUT2D eigenvalue weighted by Crippen LogP contribution is -2.28. The number of rotatable bonds is 10. The third kappa shape index (κ3) is 6.66. The number of anilines is 4. The van der Waals surface area contributed by atoms with Gasteiger partial charge in [-0.1, -0.05) is 12.0 Å². The number of hydrogen-bond acceptors (Lipinski definition) is 9. The molecule has 1 aromatic carbocycles. The van der Waals surface area contributed by atoms with Gasteiger partial charge in [0.1, 0.15) is 5.75 Å². The van der Waals surface area contributed by atoms with Crippen LogP contribution < -0.4 is 25.6 Å². The lowest BCUT2D eigenvalue weighted by Gasteiger charge is -2.24. The Bertz CT molecular complexity index is 1550. The first kappa shape index (κ1) is 28.4. The number of ether oxygens (including phenoxy) is 1. The standard InChI is InChI=1S/C29H35N9O2/c1-20-9-7-10-25-21(19-32-38(20)25)22-12-13-31-29(34-22)35-24-17-23(33-28(39)11-8-15-36(3)4)26(18-27(24)40-6)37(5)16-14-30-2/h7,9-10,12-13,17-19,30H,14-16H2,1-6H3,(H,33,39)(H,31,34,35). The molecule has 0 bridgehead atoms. The molecule has 4 aromatic rings. The molecule has 0 spiro atoms. The smallest absolute Gasteiger partial charge is 0.300 e. The summed E-state index contributed by atoms with van der Waals surface area (Å²) >= 11 is 0. The van der Waals surface area contributed by atoms with E-state index in [1.54, 1.807) is 19.5 Å². The predicted molar refractivity (Wildman–Crippen MR) is 159 cm³/mol. The van der Waals surface area contributed by atoms with Crippen molar-refractivity contribution in [3.05, 3.63) is 54.5 Å². The zero-order valence-corrected chi connectivity index (χ0v) is 23.7. The van der Waals surface area contributed by atoms with Gasteiger partial charge in [-0.15, -0.1) is 0 Å². The summed E-state index contributed by atoms with van der Waals surface area (Å²) in [5.41, 5.74) is 5.57. The van der Waals surface area contributed by atoms with Crippen LogP contribution in [0.5, 0.6) is 5.75 Å². The molecule has 0 aliphatic rings. The molecule has 3 heterocycles. The lowest BCUT2D eigenvalue weighted by atomic mass is 10.2. The van der Waals surface area contributed by atoms with Gasteiger partial charge in [-0.05, 0) is 58.3 Å². The highest BCUT2D eigenvalue weighted by molar-refractivity contribution is 6.06. The fourth-order valence-corrected chi connectivity index (χ4v) is 4.12. The summed E-state index contributed by atoms with van der Waals surface area (Å²) in [4.78, 5) is 25.8. The second-order valence-corrected chi connectivity index (χ2v) is 9.50. The van der Waals surface area contributed by atoms with Gasteiger partial charge in [-0.25, -0.2) is 14.5 Å². The van der Waals surface area contributed by atoms with Crippen LogP contribution in [-0.2, 0) is 4.79 Å². The van der Waals surface area contributed by atoms with Crippen LogP contribution in [0, 0.1) is 18.8 Å². The van der Waals surface area contributed by atoms with Gasteiger partial charge in [0.05, 0.1) is 48.1 Å². The zero-order chi connectivity index (χ0) is 28.6. The SMILES string of the molecule is CNCCN(C)c1cc(OC)c(Nc2nccc(-c3cnn4c(C)cccc34)n2)cc1NC(=O)C#CCN(C)C. The largest absolute Gasteiger partial charge is 0.494 e. The minimum Gasteiger partial charge on any atom is -0.494 e. The number of carbonyl (C=O) groups excluding carboxylic acids is 1. The molecule has 0 atom stereocenters. The molecular weight excluding hydrogens is 506 g/mol. The molecule has 0 radical (unpaired) electrons. The maximum atomic E-state index is 12.7. The van der Waals surface area contributed by atoms with Crippen LogP contribution in [0.1, 0.15) is 5.69 Å². The quantitative estimate of drug-likeness (QED) is 0.261. The first-order valence-electron chi connectivity index (χ1n) is 12.9. The summed E-state index contributed by atoms with van der Waals surface area (Å²) in [6.07, 6.45) is 3.50. The minimum atomic E-state index is -0.400. The number of aryl methyl sites for hydroxylation is 1. The summed E-state index contributed by atoms with van der Waals surface area (Å²) in [5, 5.41) is 13.9. The van der Waals surface area contributed by atoms with Crippen molar-refractivity contribution in [2.24, 2.45) is 0 Å². The highest BCUT2D eigenvalue weighted by atomic mass is 16.5. The molecule has 40 heavy (non-hydrogen) atoms. The Morgan fingerprint density at radius 1 is 1.15 bits per heavy atom. The Morgan fingerprint density at radius 3 is 2.73 bits per heavy atom. The Morgan fingerprint density at radius 2 is 1.98 bits per heavy atom. The molecule has 208 valence electrons. The summed E-state index contributed by atoms with van der Waals surface area (Å²) in [6.45, 7) is 3.97. The molecule has 0 aliphatic heterocycles. The molecule has 0 fully saturated rings. The van der Waals surface area contributed by atoms with Gasteiger partial charge in [-0.3, -0.25) is 9.69 Å². The highest BCUT2D eigenvalue weighted by Crippen LogP contribution is 2.38. The zero-order valence-electron chi connectivity index (χ0n) is 23.7. The van der Waals surface area contributed by atoms with Crippen LogP contribution >= 0.6 is 0 Å². The van der Waals surface area contributed by atoms with Gasteiger partial charge in [0.25, 0.3) is 5.91 Å². The molecule has 3 N–H and O–H groups in total. The van der Waals surface area contributed by atoms with Crippen molar-refractivity contribution in [3.63, 3.8) is 0 Å². The Hall–Kier alpha value is -4.66. The maximum Gasteiger partial charge on any atom is 0.300 e. The first-order valence-corrected chi connectivity index (χ1v) is 12.9. The summed E-state index contributed by atoms with van der Waals surface area (Å²) in [6, 6.07) is 11.5. The molecule has 0 unspecified atom stereocenters. The van der Waals surface area contributed by atoms with Gasteiger partial charge in [0.2, 0.25) is 5.95 Å². The molecule has 3 aromatic heterocycles. The van der Waals surface area contributed by atoms with Crippen molar-refractivity contribution in [1.29, 1.82) is 0 Å². The fourth-order valence-electron chi connectivity index (χ4n) is 4.12. The summed E-state index contributed by atoms with van der Waals surface area (Å²) < 4.78 is 7.60. The van der Waals surface area contributed by atoms with Crippen molar-refractivity contribution in [2.45, 2.75) is 6.92 Å². The molecule has 0 saturated carbocycles. The predicted octanol–water partition coefficient (Wildman–Crippen LogP) is 3.01. The van der Waals surface area contributed by atoms with E-state index < -0.39 is 5.91 Å². The van der Waals surface area contributed by atoms with E-state index in [2.05, 4.69) is 37.9 Å². The van der Waals surface area contributed by atoms with E-state index in [1.807, 2.05) is 85.8 Å². The molecule has 1 amide bonds. The van der Waals surface area contributed by atoms with Crippen molar-refractivity contribution >= 4 is 34.4 Å². The number of amides is 1. The highest BCUT2D eigenvalue weighted by Gasteiger charge is 2.17. The molecule has 4 rings (SSSR count). The maximum absolute atomic E-state index is 12.7. The van der Waals surface area contributed by atoms with E-state index in [0.717, 1.165) is 34.7 Å². The molecule has 11 nitrogen and oxygen atoms in total. The number of fused-ring (bicyclic) bond motifs is 1. The molecule has 0 aliphatic carbocycles. The average Bonchev–Trinajstić information content (AvgIpc) is 3.37. The summed E-state index contributed by atoms with van der Waals surface area (Å²) in [7, 11) is 9.25. The van der Waals surface area contributed by atoms with Gasteiger partial charge >= 0.3 is 0 Å². The van der Waals surface area contributed by atoms with E-state index in [4.69, 9.17) is 9.72 Å². The van der Waals surface area contributed by atoms with Gasteiger partial charge in [0, 0.05) is 43.7 Å².